The van der Waals surface area contributed by atoms with Crippen molar-refractivity contribution in [2.75, 3.05) is 12.0 Å². The van der Waals surface area contributed by atoms with Crippen LogP contribution in [0.3, 0.4) is 0 Å². The highest BCUT2D eigenvalue weighted by Crippen LogP contribution is 2.30. The van der Waals surface area contributed by atoms with Gasteiger partial charge >= 0.3 is 4.87 Å². The summed E-state index contributed by atoms with van der Waals surface area (Å²) in [4.78, 5) is 40.5. The molecule has 12 heteroatoms. The van der Waals surface area contributed by atoms with Crippen LogP contribution in [0.2, 0.25) is 0 Å². The lowest BCUT2D eigenvalue weighted by molar-refractivity contribution is 0.00782. The van der Waals surface area contributed by atoms with Gasteiger partial charge in [0.15, 0.2) is 5.65 Å². The summed E-state index contributed by atoms with van der Waals surface area (Å²) >= 11 is 0.764. The smallest absolute Gasteiger partial charge is 0.311 e. The second-order valence-corrected chi connectivity index (χ2v) is 5.59. The average molecular weight is 325 g/mol. The molecule has 3 rings (SSSR count). The number of hydrogen-bond donors (Lipinski definition) is 3. The third-order valence-electron chi connectivity index (χ3n) is 3.29. The fourth-order valence-corrected chi connectivity index (χ4v) is 3.24. The van der Waals surface area contributed by atoms with Gasteiger partial charge < -0.3 is 4.74 Å². The molecule has 0 aliphatic carbocycles. The molecule has 2 aromatic heterocycles. The van der Waals surface area contributed by atoms with E-state index < -0.39 is 11.8 Å². The van der Waals surface area contributed by atoms with Gasteiger partial charge in [-0.1, -0.05) is 21.7 Å². The first kappa shape index (κ1) is 14.5. The molecule has 0 aromatic carbocycles. The minimum Gasteiger partial charge on any atom is -0.353 e. The molecule has 0 amide bonds. The Labute approximate surface area is 125 Å². The maximum Gasteiger partial charge on any atom is 0.311 e. The Bertz CT molecular complexity index is 840. The number of nitrogens with one attached hydrogen (secondary N) is 3. The van der Waals surface area contributed by atoms with E-state index in [2.05, 4.69) is 25.8 Å². The van der Waals surface area contributed by atoms with Crippen LogP contribution in [0.1, 0.15) is 19.1 Å². The number of nitroso groups, excluding NO2 is 1. The van der Waals surface area contributed by atoms with E-state index in [9.17, 15) is 14.5 Å². The highest BCUT2D eigenvalue weighted by atomic mass is 32.1. The number of thiazole rings is 1. The normalized spacial score (nSPS) is 21.1. The number of fused-ring (bicyclic) bond motifs is 1. The molecular weight excluding hydrogens is 314 g/mol. The zero-order chi connectivity index (χ0) is 15.7. The molecule has 1 aliphatic heterocycles. The van der Waals surface area contributed by atoms with Crippen molar-refractivity contribution < 1.29 is 4.74 Å². The van der Waals surface area contributed by atoms with E-state index >= 15 is 0 Å². The van der Waals surface area contributed by atoms with Crippen molar-refractivity contribution >= 4 is 27.6 Å². The van der Waals surface area contributed by atoms with Crippen molar-refractivity contribution in [1.29, 1.82) is 5.53 Å². The second-order valence-electron chi connectivity index (χ2n) is 4.63. The van der Waals surface area contributed by atoms with Crippen LogP contribution in [0, 0.1) is 10.4 Å². The fourth-order valence-electron chi connectivity index (χ4n) is 2.38. The minimum absolute atomic E-state index is 0.0197. The van der Waals surface area contributed by atoms with Crippen molar-refractivity contribution in [2.45, 2.75) is 25.2 Å². The summed E-state index contributed by atoms with van der Waals surface area (Å²) in [5, 5.41) is 5.73. The number of aromatic nitrogens is 3. The Morgan fingerprint density at radius 1 is 1.50 bits per heavy atom. The number of rotatable bonds is 5. The van der Waals surface area contributed by atoms with Gasteiger partial charge in [0.2, 0.25) is 5.95 Å². The molecule has 0 bridgehead atoms. The lowest BCUT2D eigenvalue weighted by Gasteiger charge is -2.13. The van der Waals surface area contributed by atoms with Gasteiger partial charge in [0, 0.05) is 0 Å². The van der Waals surface area contributed by atoms with E-state index in [1.54, 1.807) is 0 Å². The number of aromatic amines is 1. The first-order valence-electron chi connectivity index (χ1n) is 6.36. The van der Waals surface area contributed by atoms with Crippen molar-refractivity contribution in [2.24, 2.45) is 10.4 Å². The summed E-state index contributed by atoms with van der Waals surface area (Å²) in [6, 6.07) is 0. The van der Waals surface area contributed by atoms with E-state index in [1.807, 2.05) is 0 Å². The number of nitrogens with zero attached hydrogens (tertiary/aromatic N) is 4. The predicted molar refractivity (Wildman–Crippen MR) is 77.1 cm³/mol. The number of hydrogen-bond acceptors (Lipinski definition) is 9. The molecule has 11 nitrogen and oxygen atoms in total. The Kier molecular flexibility index (Phi) is 3.77. The van der Waals surface area contributed by atoms with Gasteiger partial charge in [0.1, 0.15) is 17.5 Å². The van der Waals surface area contributed by atoms with Crippen LogP contribution in [-0.4, -0.2) is 27.2 Å². The zero-order valence-electron chi connectivity index (χ0n) is 11.1. The Morgan fingerprint density at radius 2 is 2.32 bits per heavy atom. The van der Waals surface area contributed by atoms with E-state index in [4.69, 9.17) is 10.3 Å². The van der Waals surface area contributed by atoms with Crippen LogP contribution in [0.25, 0.3) is 10.3 Å². The highest BCUT2D eigenvalue weighted by molar-refractivity contribution is 7.16. The topological polar surface area (TPSA) is 155 Å². The van der Waals surface area contributed by atoms with Crippen LogP contribution in [0.15, 0.2) is 20.0 Å². The second kappa shape index (κ2) is 5.73. The van der Waals surface area contributed by atoms with Crippen LogP contribution in [0.5, 0.6) is 0 Å². The largest absolute Gasteiger partial charge is 0.353 e. The zero-order valence-corrected chi connectivity index (χ0v) is 11.9. The third-order valence-corrected chi connectivity index (χ3v) is 4.23. The summed E-state index contributed by atoms with van der Waals surface area (Å²) in [5.41, 5.74) is 8.61. The van der Waals surface area contributed by atoms with Gasteiger partial charge in [-0.05, 0) is 12.8 Å². The highest BCUT2D eigenvalue weighted by Gasteiger charge is 2.30. The molecule has 3 N–H and O–H groups in total. The summed E-state index contributed by atoms with van der Waals surface area (Å²) in [6.07, 6.45) is 0.179. The van der Waals surface area contributed by atoms with Gasteiger partial charge in [-0.15, -0.1) is 0 Å². The standard InChI is InChI=1S/C10H11N7O4S/c11-16-15-9-13-7-6(8(18)14-9)22-10(19)17(7)5-2-1-4(21-5)3-12-20/h4-5H,1-3H2,(H3,11,13,14,15,18)/t4-,5+/m0/s1. The van der Waals surface area contributed by atoms with Gasteiger partial charge in [-0.2, -0.15) is 15.4 Å². The van der Waals surface area contributed by atoms with Gasteiger partial charge in [0.25, 0.3) is 5.56 Å². The predicted octanol–water partition coefficient (Wildman–Crippen LogP) is 0.948. The van der Waals surface area contributed by atoms with Crippen molar-refractivity contribution in [3.05, 3.63) is 24.9 Å². The molecule has 0 saturated carbocycles. The van der Waals surface area contributed by atoms with Crippen LogP contribution in [0.4, 0.5) is 5.95 Å². The third kappa shape index (κ3) is 2.42. The Hall–Kier alpha value is -2.47. The van der Waals surface area contributed by atoms with Crippen LogP contribution < -0.4 is 15.9 Å². The van der Waals surface area contributed by atoms with E-state index in [-0.39, 0.29) is 33.8 Å². The minimum atomic E-state index is -0.594. The molecule has 2 atom stereocenters. The number of H-pyrrole nitrogens is 1. The lowest BCUT2D eigenvalue weighted by Crippen LogP contribution is -2.22. The molecule has 0 radical (unpaired) electrons. The summed E-state index contributed by atoms with van der Waals surface area (Å²) in [6.45, 7) is 0.0197. The quantitative estimate of drug-likeness (QED) is 0.422. The number of anilines is 1. The molecule has 2 aromatic rings. The van der Waals surface area contributed by atoms with Crippen molar-refractivity contribution in [3.63, 3.8) is 0 Å². The molecule has 1 saturated heterocycles. The maximum atomic E-state index is 12.2. The molecule has 0 spiro atoms. The fraction of sp³-hybridized carbons (Fsp3) is 0.500. The van der Waals surface area contributed by atoms with Crippen molar-refractivity contribution in [1.82, 2.24) is 14.5 Å². The first-order valence-corrected chi connectivity index (χ1v) is 7.18. The molecule has 3 heterocycles. The van der Waals surface area contributed by atoms with Gasteiger partial charge in [-0.25, -0.2) is 5.43 Å². The monoisotopic (exact) mass is 325 g/mol. The van der Waals surface area contributed by atoms with E-state index in [0.717, 1.165) is 11.3 Å². The molecule has 22 heavy (non-hydrogen) atoms. The van der Waals surface area contributed by atoms with Crippen LogP contribution >= 0.6 is 11.3 Å². The summed E-state index contributed by atoms with van der Waals surface area (Å²) < 4.78 is 7.07. The Morgan fingerprint density at radius 3 is 3.05 bits per heavy atom. The number of ether oxygens (including phenoxy) is 1. The van der Waals surface area contributed by atoms with E-state index in [0.29, 0.717) is 12.8 Å². The van der Waals surface area contributed by atoms with Gasteiger partial charge in [0.05, 0.1) is 6.10 Å². The van der Waals surface area contributed by atoms with Gasteiger partial charge in [-0.3, -0.25) is 19.1 Å². The van der Waals surface area contributed by atoms with Crippen molar-refractivity contribution in [3.8, 4) is 0 Å². The lowest BCUT2D eigenvalue weighted by atomic mass is 10.2. The molecule has 116 valence electrons. The summed E-state index contributed by atoms with van der Waals surface area (Å²) in [7, 11) is 0. The maximum absolute atomic E-state index is 12.2. The molecule has 0 unspecified atom stereocenters. The molecule has 1 fully saturated rings. The molecular formula is C10H11N7O4S. The average Bonchev–Trinajstić information content (AvgIpc) is 3.04. The Balaban J connectivity index is 2.07. The first-order chi connectivity index (χ1) is 10.6. The van der Waals surface area contributed by atoms with E-state index in [1.165, 1.54) is 4.57 Å². The summed E-state index contributed by atoms with van der Waals surface area (Å²) in [5.74, 6) is -0.0387. The molecule has 1 aliphatic rings. The SMILES string of the molecule is N=NNc1nc2c(sc(=O)n2[C@H]2CC[C@@H](CN=O)O2)c(=O)[nH]1. The van der Waals surface area contributed by atoms with Crippen LogP contribution in [-0.2, 0) is 4.74 Å².